The molecule has 21 heavy (non-hydrogen) atoms. The van der Waals surface area contributed by atoms with E-state index in [1.807, 2.05) is 0 Å². The number of hydrogen-bond acceptors (Lipinski definition) is 2. The Kier molecular flexibility index (Phi) is 5.14. The Balaban J connectivity index is 1.90. The normalized spacial score (nSPS) is 18.0. The van der Waals surface area contributed by atoms with Gasteiger partial charge in [0.1, 0.15) is 0 Å². The third-order valence-corrected chi connectivity index (χ3v) is 4.16. The van der Waals surface area contributed by atoms with E-state index < -0.39 is 17.8 Å². The molecule has 0 aliphatic heterocycles. The van der Waals surface area contributed by atoms with E-state index in [4.69, 9.17) is 0 Å². The van der Waals surface area contributed by atoms with E-state index in [1.165, 1.54) is 25.8 Å². The van der Waals surface area contributed by atoms with Gasteiger partial charge in [-0.25, -0.2) is 0 Å². The summed E-state index contributed by atoms with van der Waals surface area (Å²) in [5.74, 6) is 0.561. The molecule has 1 atom stereocenters. The summed E-state index contributed by atoms with van der Waals surface area (Å²) in [5, 5.41) is 12.9. The minimum Gasteiger partial charge on any atom is -0.391 e. The monoisotopic (exact) mass is 301 g/mol. The van der Waals surface area contributed by atoms with Crippen molar-refractivity contribution in [3.8, 4) is 0 Å². The van der Waals surface area contributed by atoms with Gasteiger partial charge < -0.3 is 10.4 Å². The molecule has 0 amide bonds. The second-order valence-electron chi connectivity index (χ2n) is 5.95. The summed E-state index contributed by atoms with van der Waals surface area (Å²) in [5.41, 5.74) is -0.0178. The third-order valence-electron chi connectivity index (χ3n) is 4.16. The van der Waals surface area contributed by atoms with Crippen LogP contribution in [0, 0.1) is 12.8 Å². The van der Waals surface area contributed by atoms with Gasteiger partial charge in [0.25, 0.3) is 0 Å². The quantitative estimate of drug-likeness (QED) is 0.846. The van der Waals surface area contributed by atoms with Crippen molar-refractivity contribution in [1.29, 1.82) is 0 Å². The smallest absolute Gasteiger partial charge is 0.391 e. The molecule has 1 fully saturated rings. The Labute approximate surface area is 123 Å². The Morgan fingerprint density at radius 2 is 1.95 bits per heavy atom. The van der Waals surface area contributed by atoms with Crippen LogP contribution in [0.25, 0.3) is 0 Å². The maximum absolute atomic E-state index is 12.8. The van der Waals surface area contributed by atoms with Crippen LogP contribution in [-0.4, -0.2) is 17.8 Å². The van der Waals surface area contributed by atoms with Gasteiger partial charge in [-0.2, -0.15) is 13.2 Å². The van der Waals surface area contributed by atoms with Gasteiger partial charge >= 0.3 is 6.18 Å². The van der Waals surface area contributed by atoms with Crippen LogP contribution >= 0.6 is 0 Å². The van der Waals surface area contributed by atoms with Crippen molar-refractivity contribution in [2.75, 3.05) is 11.9 Å². The highest BCUT2D eigenvalue weighted by molar-refractivity contribution is 5.49. The average molecular weight is 301 g/mol. The lowest BCUT2D eigenvalue weighted by molar-refractivity contribution is -0.138. The molecule has 2 rings (SSSR count). The van der Waals surface area contributed by atoms with E-state index in [9.17, 15) is 18.3 Å². The van der Waals surface area contributed by atoms with Crippen molar-refractivity contribution in [2.45, 2.75) is 51.3 Å². The fraction of sp³-hybridized carbons (Fsp3) is 0.625. The molecular formula is C16H22F3NO. The number of nitrogens with one attached hydrogen (secondary N) is 1. The van der Waals surface area contributed by atoms with Crippen molar-refractivity contribution in [2.24, 2.45) is 5.92 Å². The zero-order valence-corrected chi connectivity index (χ0v) is 12.2. The molecule has 2 N–H and O–H groups in total. The van der Waals surface area contributed by atoms with Crippen LogP contribution in [0.3, 0.4) is 0 Å². The zero-order valence-electron chi connectivity index (χ0n) is 12.2. The molecule has 0 spiro atoms. The van der Waals surface area contributed by atoms with E-state index in [-0.39, 0.29) is 12.1 Å². The Morgan fingerprint density at radius 1 is 1.29 bits per heavy atom. The molecule has 1 aromatic rings. The molecule has 118 valence electrons. The van der Waals surface area contributed by atoms with Crippen LogP contribution in [-0.2, 0) is 6.18 Å². The molecule has 0 bridgehead atoms. The minimum atomic E-state index is -4.34. The molecule has 1 saturated carbocycles. The first-order valence-electron chi connectivity index (χ1n) is 7.46. The summed E-state index contributed by atoms with van der Waals surface area (Å²) in [7, 11) is 0. The van der Waals surface area contributed by atoms with Gasteiger partial charge in [0.05, 0.1) is 11.7 Å². The van der Waals surface area contributed by atoms with Gasteiger partial charge in [0.2, 0.25) is 0 Å². The van der Waals surface area contributed by atoms with Crippen LogP contribution in [0.1, 0.15) is 43.2 Å². The number of aliphatic hydroxyl groups is 1. The summed E-state index contributed by atoms with van der Waals surface area (Å²) < 4.78 is 38.5. The molecule has 2 nitrogen and oxygen atoms in total. The number of aryl methyl sites for hydroxylation is 1. The molecule has 1 aliphatic carbocycles. The summed E-state index contributed by atoms with van der Waals surface area (Å²) >= 11 is 0. The maximum Gasteiger partial charge on any atom is 0.416 e. The highest BCUT2D eigenvalue weighted by Gasteiger charge is 2.32. The van der Waals surface area contributed by atoms with E-state index >= 15 is 0 Å². The maximum atomic E-state index is 12.8. The number of benzene rings is 1. The number of anilines is 1. The Morgan fingerprint density at radius 3 is 2.57 bits per heavy atom. The molecule has 0 radical (unpaired) electrons. The Hall–Kier alpha value is -1.23. The lowest BCUT2D eigenvalue weighted by atomic mass is 10.00. The van der Waals surface area contributed by atoms with Gasteiger partial charge in [-0.15, -0.1) is 0 Å². The molecule has 5 heteroatoms. The molecule has 1 aromatic carbocycles. The predicted molar refractivity (Wildman–Crippen MR) is 77.3 cm³/mol. The van der Waals surface area contributed by atoms with Crippen molar-refractivity contribution in [3.05, 3.63) is 29.3 Å². The van der Waals surface area contributed by atoms with Crippen molar-refractivity contribution < 1.29 is 18.3 Å². The predicted octanol–water partition coefficient (Wildman–Crippen LogP) is 4.37. The fourth-order valence-corrected chi connectivity index (χ4v) is 2.99. The number of halogens is 3. The first-order chi connectivity index (χ1) is 9.86. The third kappa shape index (κ3) is 4.63. The minimum absolute atomic E-state index is 0.208. The lowest BCUT2D eigenvalue weighted by Crippen LogP contribution is -2.22. The van der Waals surface area contributed by atoms with Gasteiger partial charge in [-0.1, -0.05) is 31.7 Å². The highest BCUT2D eigenvalue weighted by Crippen LogP contribution is 2.33. The van der Waals surface area contributed by atoms with Gasteiger partial charge in [-0.05, 0) is 37.0 Å². The number of alkyl halides is 3. The lowest BCUT2D eigenvalue weighted by Gasteiger charge is -2.18. The Bertz CT molecular complexity index is 467. The first-order valence-corrected chi connectivity index (χ1v) is 7.46. The van der Waals surface area contributed by atoms with E-state index in [1.54, 1.807) is 6.07 Å². The molecule has 1 unspecified atom stereocenters. The first kappa shape index (κ1) is 16.1. The van der Waals surface area contributed by atoms with Crippen LogP contribution < -0.4 is 5.32 Å². The summed E-state index contributed by atoms with van der Waals surface area (Å²) in [6.07, 6.45) is 0.619. The number of aliphatic hydroxyl groups excluding tert-OH is 1. The summed E-state index contributed by atoms with van der Waals surface area (Å²) in [6.45, 7) is 1.73. The van der Waals surface area contributed by atoms with Crippen LogP contribution in [0.5, 0.6) is 0 Å². The van der Waals surface area contributed by atoms with E-state index in [2.05, 4.69) is 5.32 Å². The average Bonchev–Trinajstić information content (AvgIpc) is 2.89. The second kappa shape index (κ2) is 6.69. The van der Waals surface area contributed by atoms with E-state index in [0.717, 1.165) is 25.3 Å². The van der Waals surface area contributed by atoms with Gasteiger partial charge in [0, 0.05) is 12.2 Å². The standard InChI is InChI=1S/C16H22F3NO/c1-11-6-7-13(9-15(11)16(17,18)19)20-10-14(21)8-12-4-2-3-5-12/h6-7,9,12,14,20-21H,2-5,8,10H2,1H3. The van der Waals surface area contributed by atoms with Gasteiger partial charge in [-0.3, -0.25) is 0 Å². The molecule has 0 aromatic heterocycles. The molecular weight excluding hydrogens is 279 g/mol. The molecule has 1 aliphatic rings. The summed E-state index contributed by atoms with van der Waals surface area (Å²) in [4.78, 5) is 0. The highest BCUT2D eigenvalue weighted by atomic mass is 19.4. The van der Waals surface area contributed by atoms with Gasteiger partial charge in [0.15, 0.2) is 0 Å². The SMILES string of the molecule is Cc1ccc(NCC(O)CC2CCCC2)cc1C(F)(F)F. The zero-order chi connectivity index (χ0) is 15.5. The second-order valence-corrected chi connectivity index (χ2v) is 5.95. The van der Waals surface area contributed by atoms with Crippen molar-refractivity contribution in [3.63, 3.8) is 0 Å². The van der Waals surface area contributed by atoms with E-state index in [0.29, 0.717) is 11.6 Å². The number of hydrogen-bond donors (Lipinski definition) is 2. The summed E-state index contributed by atoms with van der Waals surface area (Å²) in [6, 6.07) is 4.18. The molecule has 0 saturated heterocycles. The van der Waals surface area contributed by atoms with Crippen molar-refractivity contribution in [1.82, 2.24) is 0 Å². The van der Waals surface area contributed by atoms with Crippen molar-refractivity contribution >= 4 is 5.69 Å². The fourth-order valence-electron chi connectivity index (χ4n) is 2.99. The van der Waals surface area contributed by atoms with Crippen LogP contribution in [0.4, 0.5) is 18.9 Å². The largest absolute Gasteiger partial charge is 0.416 e. The topological polar surface area (TPSA) is 32.3 Å². The number of rotatable bonds is 5. The van der Waals surface area contributed by atoms with Crippen LogP contribution in [0.2, 0.25) is 0 Å². The van der Waals surface area contributed by atoms with Crippen LogP contribution in [0.15, 0.2) is 18.2 Å². The molecule has 0 heterocycles.